The summed E-state index contributed by atoms with van der Waals surface area (Å²) in [4.78, 5) is 11.2. The third-order valence-electron chi connectivity index (χ3n) is 2.46. The van der Waals surface area contributed by atoms with Gasteiger partial charge in [0.2, 0.25) is 5.88 Å². The first-order valence-corrected chi connectivity index (χ1v) is 5.55. The highest BCUT2D eigenvalue weighted by molar-refractivity contribution is 5.17. The van der Waals surface area contributed by atoms with E-state index < -0.39 is 0 Å². The number of hydrogen-bond donors (Lipinski definition) is 2. The van der Waals surface area contributed by atoms with Gasteiger partial charge in [-0.3, -0.25) is 0 Å². The van der Waals surface area contributed by atoms with Crippen LogP contribution in [0.15, 0.2) is 30.9 Å². The molecule has 0 unspecified atom stereocenters. The molecule has 2 heterocycles. The van der Waals surface area contributed by atoms with Crippen molar-refractivity contribution in [2.24, 2.45) is 0 Å². The third kappa shape index (κ3) is 3.57. The fraction of sp³-hybridized carbons (Fsp3) is 0.333. The summed E-state index contributed by atoms with van der Waals surface area (Å²) in [5.74, 6) is 0.645. The second-order valence-corrected chi connectivity index (χ2v) is 3.71. The lowest BCUT2D eigenvalue weighted by Crippen LogP contribution is -2.16. The van der Waals surface area contributed by atoms with Crippen LogP contribution in [-0.2, 0) is 13.0 Å². The van der Waals surface area contributed by atoms with Crippen molar-refractivity contribution in [2.75, 3.05) is 13.7 Å². The summed E-state index contributed by atoms with van der Waals surface area (Å²) < 4.78 is 5.00. The molecule has 2 aromatic rings. The number of nitrogens with zero attached hydrogens (tertiary/aromatic N) is 2. The Bertz CT molecular complexity index is 424. The van der Waals surface area contributed by atoms with E-state index in [9.17, 15) is 0 Å². The van der Waals surface area contributed by atoms with E-state index in [1.54, 1.807) is 13.4 Å². The first kappa shape index (κ1) is 11.6. The zero-order valence-electron chi connectivity index (χ0n) is 9.81. The lowest BCUT2D eigenvalue weighted by atomic mass is 10.2. The average molecular weight is 232 g/mol. The molecule has 0 spiro atoms. The van der Waals surface area contributed by atoms with E-state index in [1.807, 2.05) is 24.5 Å². The Labute approximate surface area is 100 Å². The van der Waals surface area contributed by atoms with Gasteiger partial charge in [-0.15, -0.1) is 0 Å². The maximum absolute atomic E-state index is 5.00. The fourth-order valence-corrected chi connectivity index (χ4v) is 1.51. The van der Waals surface area contributed by atoms with Gasteiger partial charge in [0.15, 0.2) is 0 Å². The van der Waals surface area contributed by atoms with Gasteiger partial charge in [-0.25, -0.2) is 9.97 Å². The summed E-state index contributed by atoms with van der Waals surface area (Å²) in [5.41, 5.74) is 2.29. The van der Waals surface area contributed by atoms with Gasteiger partial charge in [0.1, 0.15) is 0 Å². The number of ether oxygens (including phenoxy) is 1. The van der Waals surface area contributed by atoms with Crippen molar-refractivity contribution in [3.63, 3.8) is 0 Å². The van der Waals surface area contributed by atoms with E-state index in [0.29, 0.717) is 5.88 Å². The quantitative estimate of drug-likeness (QED) is 0.733. The van der Waals surface area contributed by atoms with E-state index >= 15 is 0 Å². The van der Waals surface area contributed by atoms with Crippen LogP contribution < -0.4 is 10.1 Å². The molecule has 0 aliphatic rings. The van der Waals surface area contributed by atoms with Crippen molar-refractivity contribution in [3.05, 3.63) is 42.1 Å². The zero-order valence-corrected chi connectivity index (χ0v) is 9.81. The van der Waals surface area contributed by atoms with Gasteiger partial charge in [-0.2, -0.15) is 0 Å². The first-order valence-electron chi connectivity index (χ1n) is 5.55. The highest BCUT2D eigenvalue weighted by atomic mass is 16.5. The molecule has 5 heteroatoms. The van der Waals surface area contributed by atoms with Crippen molar-refractivity contribution in [1.29, 1.82) is 0 Å². The maximum atomic E-state index is 5.00. The molecule has 90 valence electrons. The van der Waals surface area contributed by atoms with Gasteiger partial charge in [-0.1, -0.05) is 6.07 Å². The van der Waals surface area contributed by atoms with Crippen LogP contribution in [0.2, 0.25) is 0 Å². The van der Waals surface area contributed by atoms with Crippen LogP contribution >= 0.6 is 0 Å². The van der Waals surface area contributed by atoms with Crippen molar-refractivity contribution < 1.29 is 4.74 Å². The molecule has 2 rings (SSSR count). The molecule has 0 aliphatic carbocycles. The topological polar surface area (TPSA) is 62.8 Å². The molecule has 0 atom stereocenters. The molecule has 17 heavy (non-hydrogen) atoms. The molecule has 0 saturated carbocycles. The minimum Gasteiger partial charge on any atom is -0.481 e. The molecule has 0 saturated heterocycles. The van der Waals surface area contributed by atoms with Gasteiger partial charge >= 0.3 is 0 Å². The molecule has 0 aromatic carbocycles. The standard InChI is InChI=1S/C12H16N4O/c1-17-12-3-2-10(7-15-12)6-13-5-4-11-8-14-9-16-11/h2-3,7-9,13H,4-6H2,1H3,(H,14,16). The summed E-state index contributed by atoms with van der Waals surface area (Å²) in [6.07, 6.45) is 6.31. The van der Waals surface area contributed by atoms with E-state index in [2.05, 4.69) is 20.3 Å². The van der Waals surface area contributed by atoms with Crippen LogP contribution in [0, 0.1) is 0 Å². The smallest absolute Gasteiger partial charge is 0.212 e. The van der Waals surface area contributed by atoms with E-state index in [0.717, 1.165) is 30.8 Å². The number of hydrogen-bond acceptors (Lipinski definition) is 4. The van der Waals surface area contributed by atoms with Gasteiger partial charge in [0.05, 0.1) is 13.4 Å². The summed E-state index contributed by atoms with van der Waals surface area (Å²) in [5, 5.41) is 3.35. The molecular formula is C12H16N4O. The summed E-state index contributed by atoms with van der Waals surface area (Å²) in [6, 6.07) is 3.88. The largest absolute Gasteiger partial charge is 0.481 e. The summed E-state index contributed by atoms with van der Waals surface area (Å²) >= 11 is 0. The molecule has 5 nitrogen and oxygen atoms in total. The van der Waals surface area contributed by atoms with Crippen molar-refractivity contribution in [2.45, 2.75) is 13.0 Å². The fourth-order valence-electron chi connectivity index (χ4n) is 1.51. The highest BCUT2D eigenvalue weighted by Gasteiger charge is 1.96. The van der Waals surface area contributed by atoms with Crippen LogP contribution in [0.3, 0.4) is 0 Å². The van der Waals surface area contributed by atoms with Gasteiger partial charge in [0, 0.05) is 43.7 Å². The Balaban J connectivity index is 1.70. The first-order chi connectivity index (χ1) is 8.38. The number of pyridine rings is 1. The molecule has 0 bridgehead atoms. The Kier molecular flexibility index (Phi) is 4.10. The highest BCUT2D eigenvalue weighted by Crippen LogP contribution is 2.06. The number of H-pyrrole nitrogens is 1. The molecule has 0 aliphatic heterocycles. The van der Waals surface area contributed by atoms with Gasteiger partial charge in [-0.05, 0) is 5.56 Å². The van der Waals surface area contributed by atoms with E-state index in [1.165, 1.54) is 0 Å². The molecule has 2 aromatic heterocycles. The lowest BCUT2D eigenvalue weighted by molar-refractivity contribution is 0.397. The van der Waals surface area contributed by atoms with E-state index in [4.69, 9.17) is 4.74 Å². The molecule has 0 radical (unpaired) electrons. The Hall–Kier alpha value is -1.88. The van der Waals surface area contributed by atoms with Crippen molar-refractivity contribution in [3.8, 4) is 5.88 Å². The number of nitrogens with one attached hydrogen (secondary N) is 2. The Morgan fingerprint density at radius 3 is 2.94 bits per heavy atom. The maximum Gasteiger partial charge on any atom is 0.212 e. The van der Waals surface area contributed by atoms with Crippen molar-refractivity contribution in [1.82, 2.24) is 20.3 Å². The number of methoxy groups -OCH3 is 1. The third-order valence-corrected chi connectivity index (χ3v) is 2.46. The molecule has 0 fully saturated rings. The predicted molar refractivity (Wildman–Crippen MR) is 64.8 cm³/mol. The van der Waals surface area contributed by atoms with Crippen molar-refractivity contribution >= 4 is 0 Å². The van der Waals surface area contributed by atoms with Crippen LogP contribution in [0.5, 0.6) is 5.88 Å². The number of rotatable bonds is 6. The number of imidazole rings is 1. The zero-order chi connectivity index (χ0) is 11.9. The Morgan fingerprint density at radius 1 is 1.35 bits per heavy atom. The molecule has 2 N–H and O–H groups in total. The van der Waals surface area contributed by atoms with Gasteiger partial charge < -0.3 is 15.0 Å². The lowest BCUT2D eigenvalue weighted by Gasteiger charge is -2.04. The van der Waals surface area contributed by atoms with Crippen LogP contribution in [0.4, 0.5) is 0 Å². The second kappa shape index (κ2) is 6.00. The minimum absolute atomic E-state index is 0.645. The van der Waals surface area contributed by atoms with Crippen LogP contribution in [-0.4, -0.2) is 28.6 Å². The van der Waals surface area contributed by atoms with Crippen LogP contribution in [0.1, 0.15) is 11.3 Å². The average Bonchev–Trinajstić information content (AvgIpc) is 2.88. The second-order valence-electron chi connectivity index (χ2n) is 3.71. The normalized spacial score (nSPS) is 10.4. The van der Waals surface area contributed by atoms with E-state index in [-0.39, 0.29) is 0 Å². The summed E-state index contributed by atoms with van der Waals surface area (Å²) in [7, 11) is 1.62. The SMILES string of the molecule is COc1ccc(CNCCc2cnc[nH]2)cn1. The summed E-state index contributed by atoms with van der Waals surface area (Å²) in [6.45, 7) is 1.72. The molecular weight excluding hydrogens is 216 g/mol. The number of aromatic amines is 1. The minimum atomic E-state index is 0.645. The van der Waals surface area contributed by atoms with Crippen LogP contribution in [0.25, 0.3) is 0 Å². The molecule has 0 amide bonds. The Morgan fingerprint density at radius 2 is 2.29 bits per heavy atom. The van der Waals surface area contributed by atoms with Gasteiger partial charge in [0.25, 0.3) is 0 Å². The predicted octanol–water partition coefficient (Wildman–Crippen LogP) is 1.15. The monoisotopic (exact) mass is 232 g/mol. The number of aromatic nitrogens is 3.